The molecule has 0 aliphatic heterocycles. The Hall–Kier alpha value is -1.69. The van der Waals surface area contributed by atoms with Crippen LogP contribution in [-0.4, -0.2) is 10.9 Å². The summed E-state index contributed by atoms with van der Waals surface area (Å²) in [5.74, 6) is -1.13. The van der Waals surface area contributed by atoms with Crippen LogP contribution in [0.25, 0.3) is 0 Å². The summed E-state index contributed by atoms with van der Waals surface area (Å²) in [6.45, 7) is 0. The summed E-state index contributed by atoms with van der Waals surface area (Å²) in [6.07, 6.45) is 0. The Morgan fingerprint density at radius 1 is 1.10 bits per heavy atom. The topological polar surface area (TPSA) is 55.1 Å². The first-order valence-electron chi connectivity index (χ1n) is 5.74. The SMILES string of the molecule is NC(=S)c1ccc(NC(=O)c2ccc(Cl)c(Cl)c2)c(F)c1. The molecule has 2 aromatic rings. The monoisotopic (exact) mass is 342 g/mol. The number of thiocarbonyl (C=S) groups is 1. The summed E-state index contributed by atoms with van der Waals surface area (Å²) in [5, 5.41) is 3.02. The summed E-state index contributed by atoms with van der Waals surface area (Å²) < 4.78 is 13.9. The molecule has 1 amide bonds. The van der Waals surface area contributed by atoms with E-state index < -0.39 is 11.7 Å². The molecule has 0 saturated heterocycles. The van der Waals surface area contributed by atoms with Crippen molar-refractivity contribution in [2.75, 3.05) is 5.32 Å². The second-order valence-electron chi connectivity index (χ2n) is 4.14. The minimum atomic E-state index is -0.631. The maximum Gasteiger partial charge on any atom is 0.255 e. The quantitative estimate of drug-likeness (QED) is 0.828. The van der Waals surface area contributed by atoms with Gasteiger partial charge in [0.2, 0.25) is 0 Å². The van der Waals surface area contributed by atoms with Crippen molar-refractivity contribution < 1.29 is 9.18 Å². The van der Waals surface area contributed by atoms with E-state index in [-0.39, 0.29) is 21.3 Å². The van der Waals surface area contributed by atoms with Gasteiger partial charge in [0.15, 0.2) is 0 Å². The summed E-state index contributed by atoms with van der Waals surface area (Å²) >= 11 is 16.4. The maximum absolute atomic E-state index is 13.9. The van der Waals surface area contributed by atoms with Crippen molar-refractivity contribution in [1.82, 2.24) is 0 Å². The van der Waals surface area contributed by atoms with Gasteiger partial charge in [-0.05, 0) is 36.4 Å². The Labute approximate surface area is 135 Å². The van der Waals surface area contributed by atoms with Crippen LogP contribution in [0.5, 0.6) is 0 Å². The molecule has 0 aliphatic rings. The highest BCUT2D eigenvalue weighted by atomic mass is 35.5. The average molecular weight is 343 g/mol. The number of nitrogens with two attached hydrogens (primary N) is 1. The third-order valence-electron chi connectivity index (χ3n) is 2.68. The Balaban J connectivity index is 2.23. The molecule has 0 unspecified atom stereocenters. The van der Waals surface area contributed by atoms with E-state index in [1.807, 2.05) is 0 Å². The van der Waals surface area contributed by atoms with Crippen LogP contribution in [0.1, 0.15) is 15.9 Å². The molecule has 0 heterocycles. The van der Waals surface area contributed by atoms with Crippen LogP contribution in [0, 0.1) is 5.82 Å². The zero-order chi connectivity index (χ0) is 15.6. The van der Waals surface area contributed by atoms with Gasteiger partial charge in [0.1, 0.15) is 10.8 Å². The number of hydrogen-bond donors (Lipinski definition) is 2. The zero-order valence-corrected chi connectivity index (χ0v) is 12.8. The van der Waals surface area contributed by atoms with E-state index in [0.29, 0.717) is 10.6 Å². The maximum atomic E-state index is 13.9. The fraction of sp³-hybridized carbons (Fsp3) is 0. The molecule has 0 bridgehead atoms. The van der Waals surface area contributed by atoms with E-state index in [0.717, 1.165) is 6.07 Å². The van der Waals surface area contributed by atoms with Gasteiger partial charge in [-0.3, -0.25) is 4.79 Å². The molecule has 3 N–H and O–H groups in total. The molecule has 0 atom stereocenters. The number of benzene rings is 2. The highest BCUT2D eigenvalue weighted by molar-refractivity contribution is 7.80. The number of anilines is 1. The fourth-order valence-electron chi connectivity index (χ4n) is 1.60. The second-order valence-corrected chi connectivity index (χ2v) is 5.40. The lowest BCUT2D eigenvalue weighted by Gasteiger charge is -2.08. The highest BCUT2D eigenvalue weighted by Crippen LogP contribution is 2.23. The number of carbonyl (C=O) groups is 1. The second kappa shape index (κ2) is 6.39. The van der Waals surface area contributed by atoms with Gasteiger partial charge in [0.05, 0.1) is 15.7 Å². The van der Waals surface area contributed by atoms with Crippen LogP contribution < -0.4 is 11.1 Å². The summed E-state index contributed by atoms with van der Waals surface area (Å²) in [4.78, 5) is 12.1. The number of rotatable bonds is 3. The number of hydrogen-bond acceptors (Lipinski definition) is 2. The minimum Gasteiger partial charge on any atom is -0.389 e. The van der Waals surface area contributed by atoms with Crippen molar-refractivity contribution >= 4 is 52.0 Å². The molecule has 0 radical (unpaired) electrons. The molecule has 108 valence electrons. The van der Waals surface area contributed by atoms with Gasteiger partial charge in [0.25, 0.3) is 5.91 Å². The van der Waals surface area contributed by atoms with Crippen molar-refractivity contribution in [3.63, 3.8) is 0 Å². The Kier molecular flexibility index (Phi) is 4.77. The van der Waals surface area contributed by atoms with E-state index in [1.165, 1.54) is 30.3 Å². The summed E-state index contributed by atoms with van der Waals surface area (Å²) in [7, 11) is 0. The van der Waals surface area contributed by atoms with Gasteiger partial charge in [-0.2, -0.15) is 0 Å². The molecule has 0 aromatic heterocycles. The number of amides is 1. The molecule has 2 aromatic carbocycles. The predicted molar refractivity (Wildman–Crippen MR) is 86.7 cm³/mol. The zero-order valence-electron chi connectivity index (χ0n) is 10.5. The van der Waals surface area contributed by atoms with Crippen LogP contribution >= 0.6 is 35.4 Å². The van der Waals surface area contributed by atoms with Crippen molar-refractivity contribution in [3.8, 4) is 0 Å². The first-order valence-corrected chi connectivity index (χ1v) is 6.90. The molecule has 3 nitrogen and oxygen atoms in total. The first kappa shape index (κ1) is 15.7. The van der Waals surface area contributed by atoms with E-state index >= 15 is 0 Å². The standard InChI is InChI=1S/C14H9Cl2FN2OS/c15-9-3-1-8(5-10(9)16)14(20)19-12-4-2-7(13(18)21)6-11(12)17/h1-6H,(H2,18,21)(H,19,20). The number of nitrogens with one attached hydrogen (secondary N) is 1. The van der Waals surface area contributed by atoms with Gasteiger partial charge in [0, 0.05) is 11.1 Å². The molecule has 0 spiro atoms. The van der Waals surface area contributed by atoms with Crippen LogP contribution in [0.3, 0.4) is 0 Å². The van der Waals surface area contributed by atoms with Crippen LogP contribution in [0.4, 0.5) is 10.1 Å². The lowest BCUT2D eigenvalue weighted by molar-refractivity contribution is 0.102. The van der Waals surface area contributed by atoms with E-state index in [1.54, 1.807) is 0 Å². The number of carbonyl (C=O) groups excluding carboxylic acids is 1. The van der Waals surface area contributed by atoms with E-state index in [4.69, 9.17) is 41.2 Å². The summed E-state index contributed by atoms with van der Waals surface area (Å²) in [5.41, 5.74) is 6.08. The molecule has 0 fully saturated rings. The van der Waals surface area contributed by atoms with Crippen LogP contribution in [0.2, 0.25) is 10.0 Å². The first-order chi connectivity index (χ1) is 9.88. The average Bonchev–Trinajstić information content (AvgIpc) is 2.43. The van der Waals surface area contributed by atoms with E-state index in [2.05, 4.69) is 5.32 Å². The van der Waals surface area contributed by atoms with Crippen molar-refractivity contribution in [2.24, 2.45) is 5.73 Å². The Morgan fingerprint density at radius 3 is 2.33 bits per heavy atom. The van der Waals surface area contributed by atoms with Gasteiger partial charge in [-0.25, -0.2) is 4.39 Å². The molecule has 0 saturated carbocycles. The van der Waals surface area contributed by atoms with E-state index in [9.17, 15) is 9.18 Å². The summed E-state index contributed by atoms with van der Waals surface area (Å²) in [6, 6.07) is 8.46. The van der Waals surface area contributed by atoms with Crippen LogP contribution in [-0.2, 0) is 0 Å². The molecule has 2 rings (SSSR count). The fourth-order valence-corrected chi connectivity index (χ4v) is 2.03. The molecule has 0 aliphatic carbocycles. The van der Waals surface area contributed by atoms with Crippen LogP contribution in [0.15, 0.2) is 36.4 Å². The van der Waals surface area contributed by atoms with Gasteiger partial charge < -0.3 is 11.1 Å². The largest absolute Gasteiger partial charge is 0.389 e. The predicted octanol–water partition coefficient (Wildman–Crippen LogP) is 4.02. The lowest BCUT2D eigenvalue weighted by atomic mass is 10.1. The Bertz CT molecular complexity index is 737. The molecule has 7 heteroatoms. The molecular formula is C14H9Cl2FN2OS. The normalized spacial score (nSPS) is 10.2. The number of halogens is 3. The van der Waals surface area contributed by atoms with Gasteiger partial charge in [-0.1, -0.05) is 35.4 Å². The highest BCUT2D eigenvalue weighted by Gasteiger charge is 2.12. The Morgan fingerprint density at radius 2 is 1.76 bits per heavy atom. The molecular weight excluding hydrogens is 334 g/mol. The smallest absolute Gasteiger partial charge is 0.255 e. The van der Waals surface area contributed by atoms with Gasteiger partial charge >= 0.3 is 0 Å². The lowest BCUT2D eigenvalue weighted by Crippen LogP contribution is -2.14. The van der Waals surface area contributed by atoms with Crippen molar-refractivity contribution in [3.05, 3.63) is 63.4 Å². The third kappa shape index (κ3) is 3.69. The molecule has 21 heavy (non-hydrogen) atoms. The minimum absolute atomic E-state index is 0.0195. The van der Waals surface area contributed by atoms with Crippen molar-refractivity contribution in [2.45, 2.75) is 0 Å². The third-order valence-corrected chi connectivity index (χ3v) is 3.66. The van der Waals surface area contributed by atoms with Gasteiger partial charge in [-0.15, -0.1) is 0 Å². The van der Waals surface area contributed by atoms with Crippen molar-refractivity contribution in [1.29, 1.82) is 0 Å².